The Bertz CT molecular complexity index is 413. The number of halogens is 3. The van der Waals surface area contributed by atoms with Gasteiger partial charge in [0.1, 0.15) is 5.58 Å². The molecular weight excluding hydrogens is 213 g/mol. The minimum Gasteiger partial charge on any atom is -0.450 e. The average molecular weight is 218 g/mol. The van der Waals surface area contributed by atoms with Crippen LogP contribution in [0.5, 0.6) is 0 Å². The van der Waals surface area contributed by atoms with Gasteiger partial charge in [-0.3, -0.25) is 0 Å². The Balaban J connectivity index is 2.36. The Labute approximate surface area is 81.9 Å². The maximum atomic E-state index is 12.0. The van der Waals surface area contributed by atoms with Crippen LogP contribution in [-0.4, -0.2) is 5.51 Å². The summed E-state index contributed by atoms with van der Waals surface area (Å²) in [6.45, 7) is 0. The summed E-state index contributed by atoms with van der Waals surface area (Å²) in [5.74, 6) is 0. The van der Waals surface area contributed by atoms with Crippen LogP contribution in [-0.2, 0) is 0 Å². The lowest BCUT2D eigenvalue weighted by atomic mass is 10.3. The predicted octanol–water partition coefficient (Wildman–Crippen LogP) is 4.04. The third kappa shape index (κ3) is 2.04. The maximum Gasteiger partial charge on any atom is 0.449 e. The quantitative estimate of drug-likeness (QED) is 0.670. The van der Waals surface area contributed by atoms with E-state index >= 15 is 0 Å². The first-order valence-corrected chi connectivity index (χ1v) is 4.60. The topological polar surface area (TPSA) is 13.1 Å². The SMILES string of the molecule is FC(F)(F)Sc1cc2ccccc2o1. The summed E-state index contributed by atoms with van der Waals surface area (Å²) in [6, 6.07) is 8.19. The summed E-state index contributed by atoms with van der Waals surface area (Å²) >= 11 is -0.240. The van der Waals surface area contributed by atoms with Crippen LogP contribution >= 0.6 is 11.8 Å². The van der Waals surface area contributed by atoms with Gasteiger partial charge in [0, 0.05) is 17.1 Å². The molecule has 0 N–H and O–H groups in total. The summed E-state index contributed by atoms with van der Waals surface area (Å²) in [7, 11) is 0. The average Bonchev–Trinajstić information content (AvgIpc) is 2.42. The molecule has 0 fully saturated rings. The number of thioether (sulfide) groups is 1. The minimum absolute atomic E-state index is 0.126. The van der Waals surface area contributed by atoms with Gasteiger partial charge < -0.3 is 4.42 Å². The Morgan fingerprint density at radius 3 is 2.50 bits per heavy atom. The molecule has 0 spiro atoms. The second-order valence-corrected chi connectivity index (χ2v) is 3.72. The van der Waals surface area contributed by atoms with Crippen molar-refractivity contribution in [3.63, 3.8) is 0 Å². The van der Waals surface area contributed by atoms with Crippen LogP contribution in [0.15, 0.2) is 39.8 Å². The first-order chi connectivity index (χ1) is 6.54. The molecule has 14 heavy (non-hydrogen) atoms. The fraction of sp³-hybridized carbons (Fsp3) is 0.111. The molecule has 0 atom stereocenters. The lowest BCUT2D eigenvalue weighted by Crippen LogP contribution is -1.97. The van der Waals surface area contributed by atoms with Crippen molar-refractivity contribution in [3.8, 4) is 0 Å². The number of fused-ring (bicyclic) bond motifs is 1. The van der Waals surface area contributed by atoms with E-state index in [2.05, 4.69) is 0 Å². The molecule has 0 bridgehead atoms. The first kappa shape index (κ1) is 9.45. The van der Waals surface area contributed by atoms with Gasteiger partial charge in [-0.05, 0) is 12.1 Å². The van der Waals surface area contributed by atoms with Crippen LogP contribution < -0.4 is 0 Å². The fourth-order valence-corrected chi connectivity index (χ4v) is 1.67. The van der Waals surface area contributed by atoms with Crippen molar-refractivity contribution in [2.75, 3.05) is 0 Å². The molecule has 74 valence electrons. The van der Waals surface area contributed by atoms with Gasteiger partial charge in [0.2, 0.25) is 0 Å². The molecule has 0 unspecified atom stereocenters. The highest BCUT2D eigenvalue weighted by atomic mass is 32.2. The molecule has 0 aliphatic rings. The standard InChI is InChI=1S/C9H5F3OS/c10-9(11,12)14-8-5-6-3-1-2-4-7(6)13-8/h1-5H. The summed E-state index contributed by atoms with van der Waals surface area (Å²) in [5.41, 5.74) is -3.83. The molecule has 5 heteroatoms. The van der Waals surface area contributed by atoms with Crippen LogP contribution in [0.3, 0.4) is 0 Å². The third-order valence-corrected chi connectivity index (χ3v) is 2.25. The normalized spacial score (nSPS) is 12.2. The van der Waals surface area contributed by atoms with E-state index in [-0.39, 0.29) is 16.9 Å². The highest BCUT2D eigenvalue weighted by molar-refractivity contribution is 8.00. The maximum absolute atomic E-state index is 12.0. The smallest absolute Gasteiger partial charge is 0.449 e. The molecule has 2 rings (SSSR count). The summed E-state index contributed by atoms with van der Waals surface area (Å²) < 4.78 is 40.9. The van der Waals surface area contributed by atoms with Crippen molar-refractivity contribution in [1.82, 2.24) is 0 Å². The van der Waals surface area contributed by atoms with Crippen molar-refractivity contribution in [2.45, 2.75) is 10.6 Å². The van der Waals surface area contributed by atoms with Crippen LogP contribution in [0.25, 0.3) is 11.0 Å². The fourth-order valence-electron chi connectivity index (χ4n) is 1.12. The van der Waals surface area contributed by atoms with Gasteiger partial charge in [-0.2, -0.15) is 13.2 Å². The highest BCUT2D eigenvalue weighted by Gasteiger charge is 2.31. The van der Waals surface area contributed by atoms with Crippen molar-refractivity contribution >= 4 is 22.7 Å². The molecule has 1 aromatic heterocycles. The Hall–Kier alpha value is -1.10. The monoisotopic (exact) mass is 218 g/mol. The van der Waals surface area contributed by atoms with Crippen LogP contribution in [0.4, 0.5) is 13.2 Å². The Morgan fingerprint density at radius 2 is 1.86 bits per heavy atom. The molecule has 0 amide bonds. The van der Waals surface area contributed by atoms with Gasteiger partial charge in [0.15, 0.2) is 5.09 Å². The van der Waals surface area contributed by atoms with E-state index < -0.39 is 5.51 Å². The van der Waals surface area contributed by atoms with Gasteiger partial charge in [-0.15, -0.1) is 0 Å². The Morgan fingerprint density at radius 1 is 1.14 bits per heavy atom. The van der Waals surface area contributed by atoms with Gasteiger partial charge in [-0.1, -0.05) is 18.2 Å². The number of para-hydroxylation sites is 1. The van der Waals surface area contributed by atoms with E-state index in [1.54, 1.807) is 24.3 Å². The molecule has 1 heterocycles. The highest BCUT2D eigenvalue weighted by Crippen LogP contribution is 2.39. The number of furan rings is 1. The number of rotatable bonds is 1. The van der Waals surface area contributed by atoms with E-state index in [1.165, 1.54) is 6.07 Å². The summed E-state index contributed by atoms with van der Waals surface area (Å²) in [4.78, 5) is 0. The molecule has 0 saturated heterocycles. The zero-order valence-corrected chi connectivity index (χ0v) is 7.65. The Kier molecular flexibility index (Phi) is 2.19. The molecule has 0 aliphatic carbocycles. The second-order valence-electron chi connectivity index (χ2n) is 2.65. The molecule has 2 aromatic rings. The van der Waals surface area contributed by atoms with Gasteiger partial charge in [-0.25, -0.2) is 0 Å². The number of hydrogen-bond donors (Lipinski definition) is 0. The van der Waals surface area contributed by atoms with Gasteiger partial charge in [0.05, 0.1) is 0 Å². The summed E-state index contributed by atoms with van der Waals surface area (Å²) in [5, 5.41) is 0.554. The number of hydrogen-bond acceptors (Lipinski definition) is 2. The zero-order chi connectivity index (χ0) is 10.2. The zero-order valence-electron chi connectivity index (χ0n) is 6.84. The molecule has 0 saturated carbocycles. The van der Waals surface area contributed by atoms with E-state index in [4.69, 9.17) is 4.42 Å². The molecular formula is C9H5F3OS. The molecule has 1 nitrogen and oxygen atoms in total. The van der Waals surface area contributed by atoms with Gasteiger partial charge >= 0.3 is 5.51 Å². The largest absolute Gasteiger partial charge is 0.450 e. The van der Waals surface area contributed by atoms with Gasteiger partial charge in [0.25, 0.3) is 0 Å². The van der Waals surface area contributed by atoms with E-state index in [0.717, 1.165) is 0 Å². The first-order valence-electron chi connectivity index (χ1n) is 3.79. The molecule has 0 radical (unpaired) electrons. The second kappa shape index (κ2) is 3.24. The number of alkyl halides is 3. The predicted molar refractivity (Wildman–Crippen MR) is 48.1 cm³/mol. The number of benzene rings is 1. The van der Waals surface area contributed by atoms with E-state index in [1.807, 2.05) is 0 Å². The van der Waals surface area contributed by atoms with Crippen molar-refractivity contribution in [1.29, 1.82) is 0 Å². The van der Waals surface area contributed by atoms with Crippen LogP contribution in [0, 0.1) is 0 Å². The lowest BCUT2D eigenvalue weighted by Gasteiger charge is -2.00. The molecule has 0 aliphatic heterocycles. The summed E-state index contributed by atoms with van der Waals surface area (Å²) in [6.07, 6.45) is 0. The van der Waals surface area contributed by atoms with Crippen LogP contribution in [0.1, 0.15) is 0 Å². The van der Waals surface area contributed by atoms with Crippen molar-refractivity contribution < 1.29 is 17.6 Å². The van der Waals surface area contributed by atoms with E-state index in [0.29, 0.717) is 11.0 Å². The molecule has 1 aromatic carbocycles. The van der Waals surface area contributed by atoms with Crippen molar-refractivity contribution in [3.05, 3.63) is 30.3 Å². The van der Waals surface area contributed by atoms with E-state index in [9.17, 15) is 13.2 Å². The van der Waals surface area contributed by atoms with Crippen molar-refractivity contribution in [2.24, 2.45) is 0 Å². The van der Waals surface area contributed by atoms with Crippen LogP contribution in [0.2, 0.25) is 0 Å². The third-order valence-electron chi connectivity index (χ3n) is 1.62. The minimum atomic E-state index is -4.30. The lowest BCUT2D eigenvalue weighted by molar-refractivity contribution is -0.0334.